The predicted molar refractivity (Wildman–Crippen MR) is 74.8 cm³/mol. The third kappa shape index (κ3) is 5.30. The van der Waals surface area contributed by atoms with E-state index in [1.165, 1.54) is 0 Å². The molecule has 1 rings (SSSR count). The smallest absolute Gasteiger partial charge is 0.407 e. The largest absolute Gasteiger partial charge is 0.444 e. The van der Waals surface area contributed by atoms with Crippen LogP contribution in [0.15, 0.2) is 18.2 Å². The zero-order valence-corrected chi connectivity index (χ0v) is 12.1. The van der Waals surface area contributed by atoms with Gasteiger partial charge in [-0.2, -0.15) is 0 Å². The molecule has 4 heteroatoms. The van der Waals surface area contributed by atoms with Crippen molar-refractivity contribution in [1.29, 1.82) is 0 Å². The molecular weight excluding hydrogens is 242 g/mol. The van der Waals surface area contributed by atoms with Gasteiger partial charge in [-0.25, -0.2) is 4.79 Å². The first-order valence-corrected chi connectivity index (χ1v) is 6.54. The summed E-state index contributed by atoms with van der Waals surface area (Å²) in [6, 6.07) is 5.80. The molecule has 0 aliphatic heterocycles. The number of amides is 1. The van der Waals surface area contributed by atoms with Crippen LogP contribution in [0, 0.1) is 0 Å². The lowest BCUT2D eigenvalue weighted by molar-refractivity contribution is 0.0523. The minimum Gasteiger partial charge on any atom is -0.444 e. The van der Waals surface area contributed by atoms with Gasteiger partial charge in [-0.1, -0.05) is 25.1 Å². The van der Waals surface area contributed by atoms with Crippen LogP contribution in [0.3, 0.4) is 0 Å². The fourth-order valence-corrected chi connectivity index (χ4v) is 1.77. The quantitative estimate of drug-likeness (QED) is 0.880. The normalized spacial score (nSPS) is 11.2. The van der Waals surface area contributed by atoms with Gasteiger partial charge in [0, 0.05) is 6.54 Å². The Morgan fingerprint density at radius 1 is 1.32 bits per heavy atom. The summed E-state index contributed by atoms with van der Waals surface area (Å²) in [5.41, 5.74) is 2.52. The molecule has 1 aromatic rings. The molecule has 0 aliphatic rings. The van der Waals surface area contributed by atoms with E-state index < -0.39 is 11.7 Å². The van der Waals surface area contributed by atoms with Gasteiger partial charge in [-0.15, -0.1) is 0 Å². The Bertz CT molecular complexity index is 436. The van der Waals surface area contributed by atoms with Crippen LogP contribution in [0.4, 0.5) is 4.79 Å². The Morgan fingerprint density at radius 2 is 2.00 bits per heavy atom. The van der Waals surface area contributed by atoms with Crippen molar-refractivity contribution in [3.05, 3.63) is 34.9 Å². The first kappa shape index (κ1) is 15.5. The minimum atomic E-state index is -0.495. The Kier molecular flexibility index (Phi) is 5.36. The maximum Gasteiger partial charge on any atom is 0.407 e. The Morgan fingerprint density at radius 3 is 2.53 bits per heavy atom. The van der Waals surface area contributed by atoms with Crippen molar-refractivity contribution in [3.8, 4) is 0 Å². The van der Waals surface area contributed by atoms with Crippen LogP contribution in [0.1, 0.15) is 44.4 Å². The van der Waals surface area contributed by atoms with Crippen molar-refractivity contribution in [3.63, 3.8) is 0 Å². The van der Waals surface area contributed by atoms with Crippen LogP contribution >= 0.6 is 0 Å². The van der Waals surface area contributed by atoms with Crippen LogP contribution < -0.4 is 5.32 Å². The van der Waals surface area contributed by atoms with Crippen molar-refractivity contribution in [2.45, 2.75) is 52.9 Å². The standard InChI is InChI=1S/C15H23NO3/c1-5-12-7-6-11(10-17)8-13(12)9-16-14(18)19-15(2,3)4/h6-8,17H,5,9-10H2,1-4H3,(H,16,18). The van der Waals surface area contributed by atoms with E-state index in [9.17, 15) is 4.79 Å². The highest BCUT2D eigenvalue weighted by Gasteiger charge is 2.16. The summed E-state index contributed by atoms with van der Waals surface area (Å²) in [6.07, 6.45) is 0.459. The second-order valence-corrected chi connectivity index (χ2v) is 5.47. The number of hydrogen-bond acceptors (Lipinski definition) is 3. The number of carbonyl (C=O) groups is 1. The average Bonchev–Trinajstić information content (AvgIpc) is 2.33. The van der Waals surface area contributed by atoms with E-state index >= 15 is 0 Å². The van der Waals surface area contributed by atoms with E-state index in [0.29, 0.717) is 6.54 Å². The van der Waals surface area contributed by atoms with Gasteiger partial charge in [-0.3, -0.25) is 0 Å². The molecular formula is C15H23NO3. The van der Waals surface area contributed by atoms with Crippen molar-refractivity contribution in [2.24, 2.45) is 0 Å². The van der Waals surface area contributed by atoms with E-state index in [2.05, 4.69) is 12.2 Å². The summed E-state index contributed by atoms with van der Waals surface area (Å²) in [5, 5.41) is 11.9. The van der Waals surface area contributed by atoms with E-state index in [0.717, 1.165) is 23.1 Å². The van der Waals surface area contributed by atoms with Gasteiger partial charge in [-0.05, 0) is 43.9 Å². The summed E-state index contributed by atoms with van der Waals surface area (Å²) in [5.74, 6) is 0. The van der Waals surface area contributed by atoms with Crippen LogP contribution in [0.25, 0.3) is 0 Å². The molecule has 0 fully saturated rings. The third-order valence-electron chi connectivity index (χ3n) is 2.66. The monoisotopic (exact) mass is 265 g/mol. The van der Waals surface area contributed by atoms with Crippen LogP contribution in [0.2, 0.25) is 0 Å². The number of aliphatic hydroxyl groups is 1. The van der Waals surface area contributed by atoms with Crippen molar-refractivity contribution in [2.75, 3.05) is 0 Å². The predicted octanol–water partition coefficient (Wildman–Crippen LogP) is 2.77. The fourth-order valence-electron chi connectivity index (χ4n) is 1.77. The van der Waals surface area contributed by atoms with Crippen LogP contribution in [-0.4, -0.2) is 16.8 Å². The van der Waals surface area contributed by atoms with E-state index in [1.807, 2.05) is 39.0 Å². The molecule has 0 bridgehead atoms. The molecule has 2 N–H and O–H groups in total. The molecule has 0 unspecified atom stereocenters. The molecule has 0 saturated carbocycles. The second-order valence-electron chi connectivity index (χ2n) is 5.47. The maximum absolute atomic E-state index is 11.6. The van der Waals surface area contributed by atoms with E-state index in [1.54, 1.807) is 0 Å². The molecule has 0 aliphatic carbocycles. The zero-order chi connectivity index (χ0) is 14.5. The number of carbonyl (C=O) groups excluding carboxylic acids is 1. The average molecular weight is 265 g/mol. The Balaban J connectivity index is 2.68. The molecule has 0 radical (unpaired) electrons. The fraction of sp³-hybridized carbons (Fsp3) is 0.533. The van der Waals surface area contributed by atoms with E-state index in [-0.39, 0.29) is 6.61 Å². The molecule has 0 heterocycles. The molecule has 4 nitrogen and oxygen atoms in total. The SMILES string of the molecule is CCc1ccc(CO)cc1CNC(=O)OC(C)(C)C. The summed E-state index contributed by atoms with van der Waals surface area (Å²) in [6.45, 7) is 7.96. The Hall–Kier alpha value is -1.55. The lowest BCUT2D eigenvalue weighted by atomic mass is 10.0. The molecule has 0 spiro atoms. The lowest BCUT2D eigenvalue weighted by Crippen LogP contribution is -2.32. The van der Waals surface area contributed by atoms with Gasteiger partial charge >= 0.3 is 6.09 Å². The molecule has 19 heavy (non-hydrogen) atoms. The molecule has 0 aromatic heterocycles. The number of benzene rings is 1. The lowest BCUT2D eigenvalue weighted by Gasteiger charge is -2.20. The van der Waals surface area contributed by atoms with Crippen LogP contribution in [-0.2, 0) is 24.3 Å². The van der Waals surface area contributed by atoms with Gasteiger partial charge in [0.05, 0.1) is 6.61 Å². The Labute approximate surface area is 114 Å². The number of nitrogens with one attached hydrogen (secondary N) is 1. The first-order valence-electron chi connectivity index (χ1n) is 6.54. The number of aliphatic hydroxyl groups excluding tert-OH is 1. The van der Waals surface area contributed by atoms with E-state index in [4.69, 9.17) is 9.84 Å². The molecule has 0 atom stereocenters. The zero-order valence-electron chi connectivity index (χ0n) is 12.1. The number of hydrogen-bond donors (Lipinski definition) is 2. The number of ether oxygens (including phenoxy) is 1. The molecule has 1 aromatic carbocycles. The van der Waals surface area contributed by atoms with Gasteiger partial charge in [0.25, 0.3) is 0 Å². The van der Waals surface area contributed by atoms with Gasteiger partial charge in [0.2, 0.25) is 0 Å². The molecule has 106 valence electrons. The summed E-state index contributed by atoms with van der Waals surface area (Å²) >= 11 is 0. The summed E-state index contributed by atoms with van der Waals surface area (Å²) in [4.78, 5) is 11.6. The van der Waals surface area contributed by atoms with Crippen molar-refractivity contribution in [1.82, 2.24) is 5.32 Å². The van der Waals surface area contributed by atoms with Crippen molar-refractivity contribution >= 4 is 6.09 Å². The number of alkyl carbamates (subject to hydrolysis) is 1. The molecule has 0 saturated heterocycles. The summed E-state index contributed by atoms with van der Waals surface area (Å²) < 4.78 is 5.19. The highest BCUT2D eigenvalue weighted by atomic mass is 16.6. The van der Waals surface area contributed by atoms with Gasteiger partial charge < -0.3 is 15.2 Å². The topological polar surface area (TPSA) is 58.6 Å². The number of aryl methyl sites for hydroxylation is 1. The highest BCUT2D eigenvalue weighted by Crippen LogP contribution is 2.14. The van der Waals surface area contributed by atoms with Crippen molar-refractivity contribution < 1.29 is 14.6 Å². The highest BCUT2D eigenvalue weighted by molar-refractivity contribution is 5.67. The second kappa shape index (κ2) is 6.57. The summed E-state index contributed by atoms with van der Waals surface area (Å²) in [7, 11) is 0. The van der Waals surface area contributed by atoms with Crippen LogP contribution in [0.5, 0.6) is 0 Å². The van der Waals surface area contributed by atoms with Gasteiger partial charge in [0.15, 0.2) is 0 Å². The third-order valence-corrected chi connectivity index (χ3v) is 2.66. The first-order chi connectivity index (χ1) is 8.85. The minimum absolute atomic E-state index is 0.00340. The maximum atomic E-state index is 11.6. The molecule has 1 amide bonds. The van der Waals surface area contributed by atoms with Gasteiger partial charge in [0.1, 0.15) is 5.60 Å². The number of rotatable bonds is 4.